The minimum absolute atomic E-state index is 0.150. The highest BCUT2D eigenvalue weighted by atomic mass is 19.4. The van der Waals surface area contributed by atoms with Gasteiger partial charge in [0.05, 0.1) is 0 Å². The van der Waals surface area contributed by atoms with Crippen LogP contribution >= 0.6 is 0 Å². The zero-order valence-corrected chi connectivity index (χ0v) is 18.5. The van der Waals surface area contributed by atoms with Gasteiger partial charge in [-0.05, 0) is 30.1 Å². The lowest BCUT2D eigenvalue weighted by molar-refractivity contribution is -0.344. The van der Waals surface area contributed by atoms with Crippen LogP contribution in [0.2, 0.25) is 0 Å². The van der Waals surface area contributed by atoms with Crippen molar-refractivity contribution in [3.63, 3.8) is 0 Å². The minimum atomic E-state index is -6.80. The van der Waals surface area contributed by atoms with Crippen LogP contribution in [0.1, 0.15) is 40.0 Å². The molecule has 212 valence electrons. The molecule has 2 N–H and O–H groups in total. The molecule has 0 radical (unpaired) electrons. The van der Waals surface area contributed by atoms with Gasteiger partial charge in [0.2, 0.25) is 0 Å². The van der Waals surface area contributed by atoms with Crippen LogP contribution in [0.4, 0.5) is 61.5 Å². The third-order valence-electron chi connectivity index (χ3n) is 5.53. The van der Waals surface area contributed by atoms with Crippen molar-refractivity contribution in [3.05, 3.63) is 0 Å². The molecule has 0 aromatic carbocycles. The topological polar surface area (TPSA) is 58.2 Å². The van der Waals surface area contributed by atoms with Crippen molar-refractivity contribution in [3.8, 4) is 0 Å². The van der Waals surface area contributed by atoms with Gasteiger partial charge in [-0.15, -0.1) is 0 Å². The summed E-state index contributed by atoms with van der Waals surface area (Å²) in [6.07, 6.45) is -14.7. The van der Waals surface area contributed by atoms with E-state index in [1.807, 2.05) is 0 Å². The summed E-state index contributed by atoms with van der Waals surface area (Å²) in [4.78, 5) is 23.2. The highest BCUT2D eigenvalue weighted by Crippen LogP contribution is 2.49. The summed E-state index contributed by atoms with van der Waals surface area (Å²) in [6.45, 7) is 2.76. The Bertz CT molecular complexity index is 850. The first-order valence-electron chi connectivity index (χ1n) is 9.78. The minimum Gasteiger partial charge on any atom is -0.350 e. The van der Waals surface area contributed by atoms with Gasteiger partial charge in [-0.25, -0.2) is 0 Å². The van der Waals surface area contributed by atoms with Crippen molar-refractivity contribution in [2.45, 2.75) is 82.1 Å². The zero-order valence-electron chi connectivity index (χ0n) is 18.5. The first kappa shape index (κ1) is 32.0. The summed E-state index contributed by atoms with van der Waals surface area (Å²) < 4.78 is 180. The summed E-state index contributed by atoms with van der Waals surface area (Å²) in [6, 6.07) is -1.60. The molecule has 1 fully saturated rings. The normalized spacial score (nSPS) is 24.3. The second-order valence-electron chi connectivity index (χ2n) is 9.71. The molecule has 0 unspecified atom stereocenters. The quantitative estimate of drug-likeness (QED) is 0.405. The highest BCUT2D eigenvalue weighted by molar-refractivity contribution is 5.85. The maximum absolute atomic E-state index is 13.6. The summed E-state index contributed by atoms with van der Waals surface area (Å²) in [5.74, 6) is -32.1. The predicted molar refractivity (Wildman–Crippen MR) is 92.6 cm³/mol. The summed E-state index contributed by atoms with van der Waals surface area (Å²) >= 11 is 0. The molecule has 1 saturated carbocycles. The maximum atomic E-state index is 13.6. The maximum Gasteiger partial charge on any atom is 0.460 e. The van der Waals surface area contributed by atoms with Gasteiger partial charge in [-0.1, -0.05) is 20.8 Å². The zero-order chi connectivity index (χ0) is 29.0. The van der Waals surface area contributed by atoms with Gasteiger partial charge in [0.25, 0.3) is 11.8 Å². The standard InChI is InChI=1S/C18H20F14N2O2/c1-11(2)4-8(34-10(36)14(21,22)16(25,26)18(30,31)32)5-12(3,6-11)7-33-9(35)13(19,20)15(23,24)17(27,28)29/h8H,4-7H2,1-3H3,(H,33,35)(H,34,36)/t8-,12-/m1/s1. The molecule has 0 bridgehead atoms. The van der Waals surface area contributed by atoms with Crippen LogP contribution in [0, 0.1) is 10.8 Å². The number of amides is 2. The summed E-state index contributed by atoms with van der Waals surface area (Å²) in [5, 5.41) is 2.51. The fourth-order valence-electron chi connectivity index (χ4n) is 4.19. The molecule has 0 spiro atoms. The Morgan fingerprint density at radius 3 is 1.47 bits per heavy atom. The van der Waals surface area contributed by atoms with E-state index < -0.39 is 77.7 Å². The molecule has 0 aromatic heterocycles. The van der Waals surface area contributed by atoms with Crippen LogP contribution in [0.15, 0.2) is 0 Å². The van der Waals surface area contributed by atoms with Crippen LogP contribution in [0.3, 0.4) is 0 Å². The van der Waals surface area contributed by atoms with Gasteiger partial charge < -0.3 is 10.6 Å². The molecule has 18 heteroatoms. The fraction of sp³-hybridized carbons (Fsp3) is 0.889. The molecule has 2 amide bonds. The third kappa shape index (κ3) is 5.92. The molecule has 0 heterocycles. The van der Waals surface area contributed by atoms with Crippen molar-refractivity contribution in [2.24, 2.45) is 10.8 Å². The van der Waals surface area contributed by atoms with E-state index in [9.17, 15) is 71.1 Å². The number of hydrogen-bond acceptors (Lipinski definition) is 2. The molecule has 0 aliphatic heterocycles. The van der Waals surface area contributed by atoms with E-state index in [0.29, 0.717) is 0 Å². The highest BCUT2D eigenvalue weighted by Gasteiger charge is 2.77. The predicted octanol–water partition coefficient (Wildman–Crippen LogP) is 5.47. The van der Waals surface area contributed by atoms with Crippen molar-refractivity contribution >= 4 is 11.8 Å². The van der Waals surface area contributed by atoms with E-state index in [1.54, 1.807) is 0 Å². The van der Waals surface area contributed by atoms with E-state index >= 15 is 0 Å². The van der Waals surface area contributed by atoms with Gasteiger partial charge in [0, 0.05) is 12.6 Å². The molecule has 1 rings (SSSR count). The lowest BCUT2D eigenvalue weighted by atomic mass is 9.62. The first-order valence-corrected chi connectivity index (χ1v) is 9.78. The molecule has 36 heavy (non-hydrogen) atoms. The first-order chi connectivity index (χ1) is 15.5. The largest absolute Gasteiger partial charge is 0.460 e. The third-order valence-corrected chi connectivity index (χ3v) is 5.53. The summed E-state index contributed by atoms with van der Waals surface area (Å²) in [7, 11) is 0. The second-order valence-corrected chi connectivity index (χ2v) is 9.71. The van der Waals surface area contributed by atoms with Crippen LogP contribution in [-0.2, 0) is 9.59 Å². The van der Waals surface area contributed by atoms with E-state index in [0.717, 1.165) is 6.92 Å². The molecule has 4 nitrogen and oxygen atoms in total. The Hall–Kier alpha value is -2.04. The van der Waals surface area contributed by atoms with E-state index in [-0.39, 0.29) is 12.8 Å². The fourth-order valence-corrected chi connectivity index (χ4v) is 4.19. The SMILES string of the molecule is CC1(C)C[C@@H](NC(=O)C(F)(F)C(F)(F)C(F)(F)F)C[C@@](C)(CNC(=O)C(F)(F)C(F)(F)C(F)(F)F)C1. The van der Waals surface area contributed by atoms with Gasteiger partial charge in [-0.2, -0.15) is 61.5 Å². The van der Waals surface area contributed by atoms with Crippen LogP contribution in [0.5, 0.6) is 0 Å². The molecule has 0 aromatic rings. The van der Waals surface area contributed by atoms with Crippen molar-refractivity contribution in [1.82, 2.24) is 10.6 Å². The smallest absolute Gasteiger partial charge is 0.350 e. The molecule has 1 aliphatic carbocycles. The van der Waals surface area contributed by atoms with Crippen LogP contribution in [-0.4, -0.2) is 60.4 Å². The van der Waals surface area contributed by atoms with Gasteiger partial charge in [0.1, 0.15) is 0 Å². The van der Waals surface area contributed by atoms with E-state index in [1.165, 1.54) is 24.5 Å². The summed E-state index contributed by atoms with van der Waals surface area (Å²) in [5.41, 5.74) is -2.68. The van der Waals surface area contributed by atoms with Gasteiger partial charge >= 0.3 is 36.0 Å². The van der Waals surface area contributed by atoms with Gasteiger partial charge in [-0.3, -0.25) is 9.59 Å². The van der Waals surface area contributed by atoms with E-state index in [2.05, 4.69) is 0 Å². The molecule has 0 saturated heterocycles. The van der Waals surface area contributed by atoms with Gasteiger partial charge in [0.15, 0.2) is 0 Å². The number of nitrogens with one attached hydrogen (secondary N) is 2. The molecule has 2 atom stereocenters. The molecular formula is C18H20F14N2O2. The Morgan fingerprint density at radius 2 is 1.08 bits per heavy atom. The van der Waals surface area contributed by atoms with Crippen molar-refractivity contribution < 1.29 is 71.1 Å². The lowest BCUT2D eigenvalue weighted by Crippen LogP contribution is -2.62. The van der Waals surface area contributed by atoms with Crippen molar-refractivity contribution in [2.75, 3.05) is 6.54 Å². The Labute approximate surface area is 194 Å². The number of alkyl halides is 14. The second kappa shape index (κ2) is 9.06. The van der Waals surface area contributed by atoms with Crippen molar-refractivity contribution in [1.29, 1.82) is 0 Å². The monoisotopic (exact) mass is 562 g/mol. The number of carbonyl (C=O) groups excluding carboxylic acids is 2. The van der Waals surface area contributed by atoms with E-state index in [4.69, 9.17) is 0 Å². The van der Waals surface area contributed by atoms with Crippen LogP contribution in [0.25, 0.3) is 0 Å². The number of hydrogen-bond donors (Lipinski definition) is 2. The number of carbonyl (C=O) groups is 2. The average molecular weight is 562 g/mol. The molecular weight excluding hydrogens is 542 g/mol. The Morgan fingerprint density at radius 1 is 0.694 bits per heavy atom. The Balaban J connectivity index is 3.08. The number of halogens is 14. The lowest BCUT2D eigenvalue weighted by Gasteiger charge is -2.47. The average Bonchev–Trinajstić information content (AvgIpc) is 2.62. The van der Waals surface area contributed by atoms with Crippen LogP contribution < -0.4 is 10.6 Å². The number of rotatable bonds is 7. The molecule has 1 aliphatic rings. The Kier molecular flexibility index (Phi) is 8.05.